The monoisotopic (exact) mass is 260 g/mol. The average molecular weight is 260 g/mol. The molecule has 1 aromatic rings. The average Bonchev–Trinajstić information content (AvgIpc) is 2.22. The van der Waals surface area contributed by atoms with Gasteiger partial charge in [0.15, 0.2) is 0 Å². The number of nitrogen functional groups attached to an aromatic ring is 1. The van der Waals surface area contributed by atoms with E-state index in [0.29, 0.717) is 18.0 Å². The number of hydrogen-bond acceptors (Lipinski definition) is 4. The van der Waals surface area contributed by atoms with Crippen LogP contribution in [0.3, 0.4) is 0 Å². The molecule has 90 valence electrons. The van der Waals surface area contributed by atoms with Crippen LogP contribution in [0.1, 0.15) is 13.8 Å². The number of rotatable bonds is 6. The minimum Gasteiger partial charge on any atom is -0.397 e. The van der Waals surface area contributed by atoms with Crippen LogP contribution in [0.25, 0.3) is 0 Å². The molecule has 4 nitrogen and oxygen atoms in total. The fourth-order valence-corrected chi connectivity index (χ4v) is 4.62. The first kappa shape index (κ1) is 13.4. The first-order valence-corrected chi connectivity index (χ1v) is 8.34. The fraction of sp³-hybridized carbons (Fsp3) is 0.400. The van der Waals surface area contributed by atoms with E-state index in [4.69, 9.17) is 10.3 Å². The van der Waals surface area contributed by atoms with E-state index < -0.39 is 6.72 Å². The molecule has 0 radical (unpaired) electrons. The van der Waals surface area contributed by atoms with Crippen molar-refractivity contribution in [2.75, 3.05) is 23.2 Å². The molecule has 0 fully saturated rings. The molecule has 16 heavy (non-hydrogen) atoms. The summed E-state index contributed by atoms with van der Waals surface area (Å²) in [5.41, 5.74) is 6.99. The Balaban J connectivity index is 2.83. The van der Waals surface area contributed by atoms with Crippen molar-refractivity contribution in [3.8, 4) is 0 Å². The normalized spacial score (nSPS) is 14.4. The molecule has 0 spiro atoms. The van der Waals surface area contributed by atoms with Crippen molar-refractivity contribution < 1.29 is 9.09 Å². The second-order valence-electron chi connectivity index (χ2n) is 3.03. The molecule has 0 amide bonds. The topological polar surface area (TPSA) is 64.3 Å². The zero-order valence-corrected chi connectivity index (χ0v) is 11.2. The van der Waals surface area contributed by atoms with Crippen molar-refractivity contribution in [3.05, 3.63) is 24.3 Å². The third-order valence-corrected chi connectivity index (χ3v) is 5.91. The first-order valence-electron chi connectivity index (χ1n) is 5.13. The summed E-state index contributed by atoms with van der Waals surface area (Å²) >= 11 is 1.27. The maximum absolute atomic E-state index is 12.3. The summed E-state index contributed by atoms with van der Waals surface area (Å²) in [6, 6.07) is 7.22. The number of hydrogen-bond donors (Lipinski definition) is 2. The third kappa shape index (κ3) is 3.74. The van der Waals surface area contributed by atoms with Crippen molar-refractivity contribution in [1.29, 1.82) is 0 Å². The van der Waals surface area contributed by atoms with Gasteiger partial charge in [0.25, 0.3) is 0 Å². The molecule has 0 aliphatic carbocycles. The maximum Gasteiger partial charge on any atom is 0.351 e. The Bertz CT molecular complexity index is 377. The summed E-state index contributed by atoms with van der Waals surface area (Å²) in [5.74, 6) is 0.719. The molecule has 6 heteroatoms. The van der Waals surface area contributed by atoms with E-state index in [-0.39, 0.29) is 0 Å². The minimum atomic E-state index is -2.88. The standard InChI is InChI=1S/C10H17N2O2PS/c1-3-14-15(13,16-4-2)12-10-8-6-5-7-9(10)11/h5-8H,3-4,11H2,1-2H3,(H,12,13). The highest BCUT2D eigenvalue weighted by molar-refractivity contribution is 8.57. The second-order valence-corrected chi connectivity index (χ2v) is 7.56. The van der Waals surface area contributed by atoms with Gasteiger partial charge in [0.05, 0.1) is 18.0 Å². The summed E-state index contributed by atoms with van der Waals surface area (Å²) in [5, 5.41) is 2.90. The molecule has 1 aromatic carbocycles. The lowest BCUT2D eigenvalue weighted by Crippen LogP contribution is -2.01. The van der Waals surface area contributed by atoms with Crippen LogP contribution in [0.2, 0.25) is 0 Å². The van der Waals surface area contributed by atoms with Crippen molar-refractivity contribution in [1.82, 2.24) is 0 Å². The predicted molar refractivity (Wildman–Crippen MR) is 71.8 cm³/mol. The van der Waals surface area contributed by atoms with Crippen molar-refractivity contribution >= 4 is 29.5 Å². The van der Waals surface area contributed by atoms with Crippen LogP contribution in [0, 0.1) is 0 Å². The number of benzene rings is 1. The predicted octanol–water partition coefficient (Wildman–Crippen LogP) is 3.58. The zero-order valence-electron chi connectivity index (χ0n) is 9.47. The van der Waals surface area contributed by atoms with E-state index in [1.807, 2.05) is 26.0 Å². The molecule has 0 heterocycles. The summed E-state index contributed by atoms with van der Waals surface area (Å²) in [4.78, 5) is 0. The molecule has 1 atom stereocenters. The van der Waals surface area contributed by atoms with Gasteiger partial charge in [-0.25, -0.2) is 0 Å². The Morgan fingerprint density at radius 2 is 2.12 bits per heavy atom. The van der Waals surface area contributed by atoms with Gasteiger partial charge in [-0.2, -0.15) is 0 Å². The van der Waals surface area contributed by atoms with E-state index in [2.05, 4.69) is 5.09 Å². The Morgan fingerprint density at radius 1 is 1.44 bits per heavy atom. The molecule has 1 unspecified atom stereocenters. The van der Waals surface area contributed by atoms with E-state index in [0.717, 1.165) is 5.75 Å². The lowest BCUT2D eigenvalue weighted by Gasteiger charge is -2.19. The van der Waals surface area contributed by atoms with Gasteiger partial charge < -0.3 is 15.3 Å². The van der Waals surface area contributed by atoms with Crippen LogP contribution < -0.4 is 10.8 Å². The molecule has 0 bridgehead atoms. The van der Waals surface area contributed by atoms with E-state index in [9.17, 15) is 4.57 Å². The lowest BCUT2D eigenvalue weighted by molar-refractivity contribution is 0.349. The Morgan fingerprint density at radius 3 is 2.69 bits per heavy atom. The van der Waals surface area contributed by atoms with Crippen LogP contribution in [-0.4, -0.2) is 12.4 Å². The first-order chi connectivity index (χ1) is 7.61. The van der Waals surface area contributed by atoms with Crippen LogP contribution in [0.4, 0.5) is 11.4 Å². The van der Waals surface area contributed by atoms with E-state index >= 15 is 0 Å². The third-order valence-electron chi connectivity index (χ3n) is 1.82. The summed E-state index contributed by atoms with van der Waals surface area (Å²) in [7, 11) is 0. The minimum absolute atomic E-state index is 0.407. The number of anilines is 2. The SMILES string of the molecule is CCOP(=O)(Nc1ccccc1N)SCC. The van der Waals surface area contributed by atoms with Gasteiger partial charge in [-0.1, -0.05) is 19.1 Å². The molecule has 0 saturated carbocycles. The molecule has 3 N–H and O–H groups in total. The zero-order chi connectivity index (χ0) is 12.0. The number of para-hydroxylation sites is 2. The smallest absolute Gasteiger partial charge is 0.351 e. The molecule has 0 saturated heterocycles. The van der Waals surface area contributed by atoms with Crippen LogP contribution in [-0.2, 0) is 9.09 Å². The van der Waals surface area contributed by atoms with Gasteiger partial charge >= 0.3 is 6.72 Å². The van der Waals surface area contributed by atoms with Crippen LogP contribution in [0.15, 0.2) is 24.3 Å². The molecular weight excluding hydrogens is 243 g/mol. The van der Waals surface area contributed by atoms with E-state index in [1.54, 1.807) is 12.1 Å². The van der Waals surface area contributed by atoms with Crippen molar-refractivity contribution in [3.63, 3.8) is 0 Å². The van der Waals surface area contributed by atoms with Crippen molar-refractivity contribution in [2.24, 2.45) is 0 Å². The Kier molecular flexibility index (Phi) is 5.19. The van der Waals surface area contributed by atoms with Crippen molar-refractivity contribution in [2.45, 2.75) is 13.8 Å². The highest BCUT2D eigenvalue weighted by atomic mass is 32.7. The molecule has 0 aliphatic rings. The highest BCUT2D eigenvalue weighted by Crippen LogP contribution is 2.59. The summed E-state index contributed by atoms with van der Waals surface area (Å²) in [6.45, 7) is 1.28. The van der Waals surface area contributed by atoms with Gasteiger partial charge in [-0.15, -0.1) is 0 Å². The molecule has 0 aliphatic heterocycles. The number of nitrogens with two attached hydrogens (primary N) is 1. The fourth-order valence-electron chi connectivity index (χ4n) is 1.19. The van der Waals surface area contributed by atoms with Gasteiger partial charge in [-0.3, -0.25) is 4.57 Å². The van der Waals surface area contributed by atoms with Crippen LogP contribution in [0.5, 0.6) is 0 Å². The number of nitrogens with one attached hydrogen (secondary N) is 1. The van der Waals surface area contributed by atoms with Crippen LogP contribution >= 0.6 is 18.1 Å². The maximum atomic E-state index is 12.3. The largest absolute Gasteiger partial charge is 0.397 e. The summed E-state index contributed by atoms with van der Waals surface area (Å²) in [6.07, 6.45) is 0. The van der Waals surface area contributed by atoms with Gasteiger partial charge in [0.2, 0.25) is 0 Å². The van der Waals surface area contributed by atoms with Gasteiger partial charge in [0, 0.05) is 5.75 Å². The summed E-state index contributed by atoms with van der Waals surface area (Å²) < 4.78 is 17.6. The Hall–Kier alpha value is -0.640. The molecule has 0 aromatic heterocycles. The molecule has 1 rings (SSSR count). The highest BCUT2D eigenvalue weighted by Gasteiger charge is 2.23. The lowest BCUT2D eigenvalue weighted by atomic mass is 10.3. The van der Waals surface area contributed by atoms with Gasteiger partial charge in [-0.05, 0) is 30.4 Å². The second kappa shape index (κ2) is 6.18. The van der Waals surface area contributed by atoms with E-state index in [1.165, 1.54) is 11.4 Å². The Labute approximate surface area is 100 Å². The van der Waals surface area contributed by atoms with Gasteiger partial charge in [0.1, 0.15) is 0 Å². The quantitative estimate of drug-likeness (QED) is 0.604. The molecular formula is C10H17N2O2PS.